The first-order valence-corrected chi connectivity index (χ1v) is 11.3. The molecule has 1 N–H and O–H groups in total. The number of fused-ring (bicyclic) bond motifs is 2. The van der Waals surface area contributed by atoms with Gasteiger partial charge in [-0.25, -0.2) is 4.79 Å². The summed E-state index contributed by atoms with van der Waals surface area (Å²) in [6.07, 6.45) is 7.34. The molecule has 158 valence electrons. The first-order valence-electron chi connectivity index (χ1n) is 11.3. The second-order valence-electron chi connectivity index (χ2n) is 8.71. The maximum absolute atomic E-state index is 12.1. The van der Waals surface area contributed by atoms with Gasteiger partial charge < -0.3 is 14.4 Å². The van der Waals surface area contributed by atoms with Gasteiger partial charge in [0, 0.05) is 30.6 Å². The van der Waals surface area contributed by atoms with Gasteiger partial charge in [0.25, 0.3) is 0 Å². The molecular weight excluding hydrogens is 364 g/mol. The van der Waals surface area contributed by atoms with Crippen LogP contribution >= 0.6 is 0 Å². The third kappa shape index (κ3) is 4.22. The van der Waals surface area contributed by atoms with E-state index in [0.29, 0.717) is 24.1 Å². The number of phenols is 1. The van der Waals surface area contributed by atoms with Crippen LogP contribution in [0.5, 0.6) is 5.75 Å². The Balaban J connectivity index is 1.60. The van der Waals surface area contributed by atoms with Crippen LogP contribution in [0.2, 0.25) is 0 Å². The maximum atomic E-state index is 12.1. The van der Waals surface area contributed by atoms with E-state index in [0.717, 1.165) is 36.0 Å². The van der Waals surface area contributed by atoms with E-state index in [1.807, 2.05) is 13.0 Å². The van der Waals surface area contributed by atoms with Crippen LogP contribution in [-0.4, -0.2) is 47.1 Å². The first kappa shape index (κ1) is 20.4. The fourth-order valence-corrected chi connectivity index (χ4v) is 5.43. The summed E-state index contributed by atoms with van der Waals surface area (Å²) in [7, 11) is 0. The van der Waals surface area contributed by atoms with Crippen molar-refractivity contribution in [2.45, 2.75) is 65.0 Å². The van der Waals surface area contributed by atoms with Crippen LogP contribution in [0.4, 0.5) is 0 Å². The standard InChI is InChI=1S/C24H34N2O3/c1-3-17-14-23(28)29-24-19(17)10-11-22(27)20(24)16-25(4-2)15-18-8-7-13-26-12-6-5-9-21(18)26/h10-11,14,18,21,27H,3-9,12-13,15-16H2,1-2H3. The zero-order valence-electron chi connectivity index (χ0n) is 17.8. The number of hydrogen-bond acceptors (Lipinski definition) is 5. The van der Waals surface area contributed by atoms with Gasteiger partial charge in [-0.05, 0) is 75.4 Å². The molecule has 3 heterocycles. The topological polar surface area (TPSA) is 56.9 Å². The van der Waals surface area contributed by atoms with E-state index in [4.69, 9.17) is 4.42 Å². The minimum absolute atomic E-state index is 0.218. The zero-order valence-corrected chi connectivity index (χ0v) is 17.8. The Hall–Kier alpha value is -1.85. The van der Waals surface area contributed by atoms with Crippen LogP contribution < -0.4 is 5.63 Å². The molecule has 2 aliphatic rings. The van der Waals surface area contributed by atoms with Crippen LogP contribution in [-0.2, 0) is 13.0 Å². The number of piperidine rings is 2. The lowest BCUT2D eigenvalue weighted by molar-refractivity contribution is 0.0398. The first-order chi connectivity index (χ1) is 14.1. The van der Waals surface area contributed by atoms with Gasteiger partial charge >= 0.3 is 5.63 Å². The lowest BCUT2D eigenvalue weighted by Crippen LogP contribution is -2.50. The van der Waals surface area contributed by atoms with Gasteiger partial charge in [-0.2, -0.15) is 0 Å². The summed E-state index contributed by atoms with van der Waals surface area (Å²) in [5.41, 5.74) is 1.93. The van der Waals surface area contributed by atoms with Crippen molar-refractivity contribution in [3.05, 3.63) is 39.7 Å². The summed E-state index contributed by atoms with van der Waals surface area (Å²) in [4.78, 5) is 17.2. The van der Waals surface area contributed by atoms with Crippen molar-refractivity contribution >= 4 is 11.0 Å². The van der Waals surface area contributed by atoms with Crippen LogP contribution in [0.1, 0.15) is 57.1 Å². The van der Waals surface area contributed by atoms with Crippen molar-refractivity contribution in [2.75, 3.05) is 26.2 Å². The molecule has 0 aliphatic carbocycles. The molecule has 5 nitrogen and oxygen atoms in total. The largest absolute Gasteiger partial charge is 0.507 e. The highest BCUT2D eigenvalue weighted by molar-refractivity contribution is 5.85. The normalized spacial score (nSPS) is 22.9. The average molecular weight is 399 g/mol. The Bertz CT molecular complexity index is 905. The van der Waals surface area contributed by atoms with Crippen LogP contribution in [0.25, 0.3) is 11.0 Å². The van der Waals surface area contributed by atoms with Gasteiger partial charge in [0.05, 0.1) is 5.56 Å². The molecule has 29 heavy (non-hydrogen) atoms. The molecule has 2 unspecified atom stereocenters. The van der Waals surface area contributed by atoms with Crippen LogP contribution in [0, 0.1) is 5.92 Å². The summed E-state index contributed by atoms with van der Waals surface area (Å²) in [5, 5.41) is 11.5. The van der Waals surface area contributed by atoms with E-state index in [1.165, 1.54) is 45.2 Å². The van der Waals surface area contributed by atoms with E-state index >= 15 is 0 Å². The second kappa shape index (κ2) is 8.88. The Morgan fingerprint density at radius 3 is 2.79 bits per heavy atom. The van der Waals surface area contributed by atoms with Crippen LogP contribution in [0.3, 0.4) is 0 Å². The Morgan fingerprint density at radius 1 is 1.17 bits per heavy atom. The Morgan fingerprint density at radius 2 is 2.00 bits per heavy atom. The summed E-state index contributed by atoms with van der Waals surface area (Å²) >= 11 is 0. The minimum Gasteiger partial charge on any atom is -0.507 e. The van der Waals surface area contributed by atoms with Crippen molar-refractivity contribution in [1.82, 2.24) is 9.80 Å². The molecule has 0 amide bonds. The minimum atomic E-state index is -0.339. The van der Waals surface area contributed by atoms with E-state index in [9.17, 15) is 9.90 Å². The quantitative estimate of drug-likeness (QED) is 0.741. The lowest BCUT2D eigenvalue weighted by atomic mass is 9.83. The molecule has 1 aromatic heterocycles. The van der Waals surface area contributed by atoms with E-state index in [2.05, 4.69) is 16.7 Å². The smallest absolute Gasteiger partial charge is 0.336 e. The Labute approximate surface area is 173 Å². The van der Waals surface area contributed by atoms with Crippen molar-refractivity contribution in [1.29, 1.82) is 0 Å². The fourth-order valence-electron chi connectivity index (χ4n) is 5.43. The SMILES string of the molecule is CCc1cc(=O)oc2c(CN(CC)CC3CCCN4CCCCC34)c(O)ccc12. The third-order valence-electron chi connectivity index (χ3n) is 7.01. The van der Waals surface area contributed by atoms with Crippen molar-refractivity contribution in [2.24, 2.45) is 5.92 Å². The van der Waals surface area contributed by atoms with Crippen molar-refractivity contribution < 1.29 is 9.52 Å². The fraction of sp³-hybridized carbons (Fsp3) is 0.625. The molecule has 2 fully saturated rings. The number of nitrogens with zero attached hydrogens (tertiary/aromatic N) is 2. The molecule has 0 spiro atoms. The Kier molecular flexibility index (Phi) is 6.26. The summed E-state index contributed by atoms with van der Waals surface area (Å²) < 4.78 is 5.59. The molecule has 0 bridgehead atoms. The third-order valence-corrected chi connectivity index (χ3v) is 7.01. The second-order valence-corrected chi connectivity index (χ2v) is 8.71. The van der Waals surface area contributed by atoms with Gasteiger partial charge in [0.2, 0.25) is 0 Å². The molecule has 2 aliphatic heterocycles. The van der Waals surface area contributed by atoms with E-state index in [-0.39, 0.29) is 11.4 Å². The molecule has 1 aromatic carbocycles. The summed E-state index contributed by atoms with van der Waals surface area (Å²) in [6, 6.07) is 5.89. The van der Waals surface area contributed by atoms with Gasteiger partial charge in [-0.3, -0.25) is 4.90 Å². The van der Waals surface area contributed by atoms with Crippen LogP contribution in [0.15, 0.2) is 27.4 Å². The maximum Gasteiger partial charge on any atom is 0.336 e. The molecule has 2 saturated heterocycles. The van der Waals surface area contributed by atoms with Gasteiger partial charge in [0.15, 0.2) is 0 Å². The summed E-state index contributed by atoms with van der Waals surface area (Å²) in [6.45, 7) is 9.28. The molecule has 4 rings (SSSR count). The van der Waals surface area contributed by atoms with Crippen molar-refractivity contribution in [3.63, 3.8) is 0 Å². The number of benzene rings is 1. The molecule has 0 saturated carbocycles. The van der Waals surface area contributed by atoms with Gasteiger partial charge in [0.1, 0.15) is 11.3 Å². The highest BCUT2D eigenvalue weighted by atomic mass is 16.4. The number of hydrogen-bond donors (Lipinski definition) is 1. The van der Waals surface area contributed by atoms with E-state index < -0.39 is 0 Å². The molecular formula is C24H34N2O3. The number of phenolic OH excluding ortho intramolecular Hbond substituents is 1. The zero-order chi connectivity index (χ0) is 20.4. The molecule has 2 atom stereocenters. The lowest BCUT2D eigenvalue weighted by Gasteiger charge is -2.45. The summed E-state index contributed by atoms with van der Waals surface area (Å²) in [5.74, 6) is 0.898. The van der Waals surface area contributed by atoms with Gasteiger partial charge in [-0.15, -0.1) is 0 Å². The predicted octanol–water partition coefficient (Wildman–Crippen LogP) is 4.15. The molecule has 2 aromatic rings. The number of aryl methyl sites for hydroxylation is 1. The average Bonchev–Trinajstić information content (AvgIpc) is 2.74. The molecule has 0 radical (unpaired) electrons. The predicted molar refractivity (Wildman–Crippen MR) is 116 cm³/mol. The highest BCUT2D eigenvalue weighted by Crippen LogP contribution is 2.33. The number of aromatic hydroxyl groups is 1. The number of rotatable bonds is 6. The highest BCUT2D eigenvalue weighted by Gasteiger charge is 2.33. The van der Waals surface area contributed by atoms with E-state index in [1.54, 1.807) is 12.1 Å². The van der Waals surface area contributed by atoms with Crippen molar-refractivity contribution in [3.8, 4) is 5.75 Å². The van der Waals surface area contributed by atoms with Gasteiger partial charge in [-0.1, -0.05) is 20.3 Å². The monoisotopic (exact) mass is 398 g/mol. The molecule has 5 heteroatoms.